The van der Waals surface area contributed by atoms with Crippen molar-refractivity contribution in [3.05, 3.63) is 33.3 Å². The fraction of sp³-hybridized carbons (Fsp3) is 0.571. The Kier molecular flexibility index (Phi) is 7.70. The van der Waals surface area contributed by atoms with Crippen molar-refractivity contribution in [2.24, 2.45) is 5.92 Å². The SMILES string of the molecule is CNCC1CCCN(Cc2cc(Cl)ccc2Br)C1.Cl. The molecule has 1 fully saturated rings. The summed E-state index contributed by atoms with van der Waals surface area (Å²) in [6.07, 6.45) is 2.64. The zero-order valence-electron chi connectivity index (χ0n) is 11.2. The minimum absolute atomic E-state index is 0. The molecular formula is C14H21BrCl2N2. The third-order valence-corrected chi connectivity index (χ3v) is 4.51. The lowest BCUT2D eigenvalue weighted by Gasteiger charge is -2.32. The van der Waals surface area contributed by atoms with Crippen molar-refractivity contribution in [3.63, 3.8) is 0 Å². The van der Waals surface area contributed by atoms with E-state index in [1.807, 2.05) is 19.2 Å². The molecule has 108 valence electrons. The van der Waals surface area contributed by atoms with E-state index >= 15 is 0 Å². The first-order valence-corrected chi connectivity index (χ1v) is 7.67. The predicted octanol–water partition coefficient (Wildman–Crippen LogP) is 3.96. The van der Waals surface area contributed by atoms with Crippen molar-refractivity contribution in [1.82, 2.24) is 10.2 Å². The van der Waals surface area contributed by atoms with Gasteiger partial charge in [0.15, 0.2) is 0 Å². The quantitative estimate of drug-likeness (QED) is 0.866. The Bertz CT molecular complexity index is 399. The van der Waals surface area contributed by atoms with Gasteiger partial charge in [0.1, 0.15) is 0 Å². The highest BCUT2D eigenvalue weighted by atomic mass is 79.9. The fourth-order valence-electron chi connectivity index (χ4n) is 2.66. The average Bonchev–Trinajstić information content (AvgIpc) is 2.35. The number of hydrogen-bond donors (Lipinski definition) is 1. The van der Waals surface area contributed by atoms with Crippen LogP contribution in [0.25, 0.3) is 0 Å². The van der Waals surface area contributed by atoms with E-state index in [0.717, 1.165) is 28.5 Å². The summed E-state index contributed by atoms with van der Waals surface area (Å²) in [7, 11) is 2.03. The number of nitrogens with one attached hydrogen (secondary N) is 1. The highest BCUT2D eigenvalue weighted by Crippen LogP contribution is 2.25. The Morgan fingerprint density at radius 1 is 1.47 bits per heavy atom. The molecule has 1 aliphatic heterocycles. The van der Waals surface area contributed by atoms with Crippen molar-refractivity contribution < 1.29 is 0 Å². The molecule has 1 aromatic rings. The molecule has 0 spiro atoms. The number of nitrogens with zero attached hydrogens (tertiary/aromatic N) is 1. The van der Waals surface area contributed by atoms with Crippen LogP contribution in [0.1, 0.15) is 18.4 Å². The number of benzene rings is 1. The van der Waals surface area contributed by atoms with Gasteiger partial charge < -0.3 is 5.32 Å². The molecule has 0 aromatic heterocycles. The first kappa shape index (κ1) is 17.3. The van der Waals surface area contributed by atoms with Crippen molar-refractivity contribution >= 4 is 39.9 Å². The molecule has 0 amide bonds. The maximum atomic E-state index is 6.06. The van der Waals surface area contributed by atoms with Crippen LogP contribution in [0.15, 0.2) is 22.7 Å². The van der Waals surface area contributed by atoms with Crippen LogP contribution in [0.3, 0.4) is 0 Å². The van der Waals surface area contributed by atoms with E-state index in [-0.39, 0.29) is 12.4 Å². The molecule has 1 saturated heterocycles. The Balaban J connectivity index is 0.00000180. The number of likely N-dealkylation sites (tertiary alicyclic amines) is 1. The molecule has 0 bridgehead atoms. The van der Waals surface area contributed by atoms with Crippen molar-refractivity contribution in [3.8, 4) is 0 Å². The van der Waals surface area contributed by atoms with E-state index in [0.29, 0.717) is 0 Å². The normalized spacial score (nSPS) is 20.1. The lowest BCUT2D eigenvalue weighted by atomic mass is 9.97. The van der Waals surface area contributed by atoms with Crippen LogP contribution in [0, 0.1) is 5.92 Å². The van der Waals surface area contributed by atoms with Gasteiger partial charge in [0, 0.05) is 22.6 Å². The second kappa shape index (κ2) is 8.48. The predicted molar refractivity (Wildman–Crippen MR) is 88.3 cm³/mol. The number of hydrogen-bond acceptors (Lipinski definition) is 2. The van der Waals surface area contributed by atoms with Crippen LogP contribution in [-0.2, 0) is 6.54 Å². The van der Waals surface area contributed by atoms with Crippen LogP contribution in [0.4, 0.5) is 0 Å². The van der Waals surface area contributed by atoms with Gasteiger partial charge in [0.2, 0.25) is 0 Å². The van der Waals surface area contributed by atoms with Gasteiger partial charge in [0.25, 0.3) is 0 Å². The van der Waals surface area contributed by atoms with E-state index in [4.69, 9.17) is 11.6 Å². The van der Waals surface area contributed by atoms with Crippen LogP contribution in [0.2, 0.25) is 5.02 Å². The molecule has 0 aliphatic carbocycles. The maximum absolute atomic E-state index is 6.06. The van der Waals surface area contributed by atoms with E-state index in [1.54, 1.807) is 0 Å². The molecule has 19 heavy (non-hydrogen) atoms. The first-order valence-electron chi connectivity index (χ1n) is 6.50. The Morgan fingerprint density at radius 2 is 2.26 bits per heavy atom. The zero-order chi connectivity index (χ0) is 13.0. The minimum Gasteiger partial charge on any atom is -0.319 e. The lowest BCUT2D eigenvalue weighted by Crippen LogP contribution is -2.38. The standard InChI is InChI=1S/C14H20BrClN2.ClH/c1-17-8-11-3-2-6-18(9-11)10-12-7-13(16)4-5-14(12)15;/h4-5,7,11,17H,2-3,6,8-10H2,1H3;1H. The summed E-state index contributed by atoms with van der Waals surface area (Å²) in [6, 6.07) is 6.02. The maximum Gasteiger partial charge on any atom is 0.0410 e. The molecule has 5 heteroatoms. The topological polar surface area (TPSA) is 15.3 Å². The Labute approximate surface area is 135 Å². The molecule has 2 nitrogen and oxygen atoms in total. The summed E-state index contributed by atoms with van der Waals surface area (Å²) in [5.41, 5.74) is 1.28. The monoisotopic (exact) mass is 366 g/mol. The van der Waals surface area contributed by atoms with Gasteiger partial charge in [-0.1, -0.05) is 27.5 Å². The number of halogens is 3. The molecule has 2 rings (SSSR count). The molecule has 1 aromatic carbocycles. The molecular weight excluding hydrogens is 347 g/mol. The van der Waals surface area contributed by atoms with Crippen molar-refractivity contribution in [2.75, 3.05) is 26.7 Å². The highest BCUT2D eigenvalue weighted by Gasteiger charge is 2.19. The molecule has 1 heterocycles. The fourth-order valence-corrected chi connectivity index (χ4v) is 3.22. The minimum atomic E-state index is 0. The van der Waals surface area contributed by atoms with E-state index in [1.165, 1.54) is 31.5 Å². The van der Waals surface area contributed by atoms with Crippen LogP contribution in [0.5, 0.6) is 0 Å². The van der Waals surface area contributed by atoms with Crippen LogP contribution in [-0.4, -0.2) is 31.6 Å². The third-order valence-electron chi connectivity index (χ3n) is 3.50. The Morgan fingerprint density at radius 3 is 3.00 bits per heavy atom. The van der Waals surface area contributed by atoms with Gasteiger partial charge in [-0.15, -0.1) is 12.4 Å². The van der Waals surface area contributed by atoms with Gasteiger partial charge in [-0.25, -0.2) is 0 Å². The Hall–Kier alpha value is 0.200. The molecule has 1 aliphatic rings. The zero-order valence-corrected chi connectivity index (χ0v) is 14.3. The van der Waals surface area contributed by atoms with Crippen molar-refractivity contribution in [2.45, 2.75) is 19.4 Å². The summed E-state index contributed by atoms with van der Waals surface area (Å²) >= 11 is 9.67. The first-order chi connectivity index (χ1) is 8.69. The molecule has 1 unspecified atom stereocenters. The molecule has 1 N–H and O–H groups in total. The number of rotatable bonds is 4. The van der Waals surface area contributed by atoms with Gasteiger partial charge >= 0.3 is 0 Å². The summed E-state index contributed by atoms with van der Waals surface area (Å²) in [5, 5.41) is 4.10. The largest absolute Gasteiger partial charge is 0.319 e. The second-order valence-corrected chi connectivity index (χ2v) is 6.33. The summed E-state index contributed by atoms with van der Waals surface area (Å²) in [5.74, 6) is 0.779. The van der Waals surface area contributed by atoms with E-state index < -0.39 is 0 Å². The average molecular weight is 368 g/mol. The number of piperidine rings is 1. The lowest BCUT2D eigenvalue weighted by molar-refractivity contribution is 0.166. The summed E-state index contributed by atoms with van der Waals surface area (Å²) in [4.78, 5) is 2.53. The molecule has 1 atom stereocenters. The highest BCUT2D eigenvalue weighted by molar-refractivity contribution is 9.10. The van der Waals surface area contributed by atoms with Gasteiger partial charge in [-0.3, -0.25) is 4.90 Å². The van der Waals surface area contributed by atoms with Crippen LogP contribution < -0.4 is 5.32 Å². The van der Waals surface area contributed by atoms with Crippen LogP contribution >= 0.6 is 39.9 Å². The van der Waals surface area contributed by atoms with Crippen molar-refractivity contribution in [1.29, 1.82) is 0 Å². The van der Waals surface area contributed by atoms with Gasteiger partial charge in [-0.2, -0.15) is 0 Å². The second-order valence-electron chi connectivity index (χ2n) is 5.04. The summed E-state index contributed by atoms with van der Waals surface area (Å²) < 4.78 is 1.16. The third kappa shape index (κ3) is 5.24. The molecule has 0 radical (unpaired) electrons. The smallest absolute Gasteiger partial charge is 0.0410 e. The van der Waals surface area contributed by atoms with Gasteiger partial charge in [-0.05, 0) is 62.7 Å². The van der Waals surface area contributed by atoms with Gasteiger partial charge in [0.05, 0.1) is 0 Å². The summed E-state index contributed by atoms with van der Waals surface area (Å²) in [6.45, 7) is 4.48. The van der Waals surface area contributed by atoms with E-state index in [9.17, 15) is 0 Å². The molecule has 0 saturated carbocycles. The van der Waals surface area contributed by atoms with E-state index in [2.05, 4.69) is 32.2 Å².